The molecular formula is C32H33N7O2. The molecule has 9 heteroatoms. The smallest absolute Gasteiger partial charge is 0.234 e. The van der Waals surface area contributed by atoms with Crippen molar-refractivity contribution < 1.29 is 9.53 Å². The zero-order chi connectivity index (χ0) is 28.3. The van der Waals surface area contributed by atoms with Gasteiger partial charge < -0.3 is 9.64 Å². The fourth-order valence-corrected chi connectivity index (χ4v) is 5.11. The van der Waals surface area contributed by atoms with Gasteiger partial charge in [-0.2, -0.15) is 10.1 Å². The van der Waals surface area contributed by atoms with Crippen LogP contribution in [0.5, 0.6) is 11.6 Å². The lowest BCUT2D eigenvalue weighted by molar-refractivity contribution is 0.0993. The molecule has 1 aliphatic rings. The monoisotopic (exact) mass is 547 g/mol. The van der Waals surface area contributed by atoms with Crippen LogP contribution in [0.4, 0.5) is 0 Å². The number of rotatable bonds is 8. The first-order valence-electron chi connectivity index (χ1n) is 13.8. The van der Waals surface area contributed by atoms with Gasteiger partial charge in [0.25, 0.3) is 0 Å². The third-order valence-electron chi connectivity index (χ3n) is 7.51. The number of ether oxygens (including phenoxy) is 1. The van der Waals surface area contributed by atoms with Crippen molar-refractivity contribution in [1.82, 2.24) is 34.5 Å². The molecule has 0 N–H and O–H groups in total. The summed E-state index contributed by atoms with van der Waals surface area (Å²) in [6.45, 7) is 7.34. The fraction of sp³-hybridized carbons (Fsp3) is 0.281. The van der Waals surface area contributed by atoms with E-state index in [-0.39, 0.29) is 12.2 Å². The zero-order valence-corrected chi connectivity index (χ0v) is 23.6. The minimum Gasteiger partial charge on any atom is -0.438 e. The number of benzene rings is 2. The largest absolute Gasteiger partial charge is 0.438 e. The normalized spacial score (nSPS) is 14.4. The van der Waals surface area contributed by atoms with Crippen LogP contribution in [0.1, 0.15) is 27.0 Å². The van der Waals surface area contributed by atoms with Gasteiger partial charge in [0.05, 0.1) is 0 Å². The number of carbonyl (C=O) groups is 1. The molecule has 0 unspecified atom stereocenters. The van der Waals surface area contributed by atoms with E-state index in [0.717, 1.165) is 55.0 Å². The molecule has 0 bridgehead atoms. The molecule has 0 saturated carbocycles. The molecule has 0 spiro atoms. The Labute approximate surface area is 239 Å². The number of ketones is 1. The number of aromatic nitrogens is 5. The summed E-state index contributed by atoms with van der Waals surface area (Å²) >= 11 is 0. The van der Waals surface area contributed by atoms with Crippen LogP contribution in [0.2, 0.25) is 0 Å². The lowest BCUT2D eigenvalue weighted by Crippen LogP contribution is -2.43. The van der Waals surface area contributed by atoms with Crippen LogP contribution < -0.4 is 4.74 Å². The molecule has 5 aromatic rings. The predicted molar refractivity (Wildman–Crippen MR) is 158 cm³/mol. The molecule has 0 aliphatic carbocycles. The van der Waals surface area contributed by atoms with Gasteiger partial charge in [-0.25, -0.2) is 4.98 Å². The number of hydrogen-bond acceptors (Lipinski definition) is 8. The van der Waals surface area contributed by atoms with Gasteiger partial charge in [-0.1, -0.05) is 24.3 Å². The van der Waals surface area contributed by atoms with Crippen molar-refractivity contribution in [2.24, 2.45) is 7.05 Å². The standard InChI is InChI=1S/C32H33N7O2/c1-22-16-24(9-10-26(22)20-39-14-12-37(2)13-15-39)29(40)18-23-6-4-8-27(17-23)41-32-28-21-38(3)36-31(28)34-30(35-32)25-7-5-11-33-19-25/h4-11,16-17,19,21H,12-15,18,20H2,1-3H3. The number of piperazine rings is 1. The Bertz CT molecular complexity index is 1690. The van der Waals surface area contributed by atoms with E-state index in [4.69, 9.17) is 4.74 Å². The molecule has 0 amide bonds. The topological polar surface area (TPSA) is 89.3 Å². The van der Waals surface area contributed by atoms with Crippen molar-refractivity contribution in [3.63, 3.8) is 0 Å². The maximum Gasteiger partial charge on any atom is 0.234 e. The lowest BCUT2D eigenvalue weighted by Gasteiger charge is -2.32. The number of carbonyl (C=O) groups excluding carboxylic acids is 1. The van der Waals surface area contributed by atoms with Crippen LogP contribution in [0, 0.1) is 6.92 Å². The van der Waals surface area contributed by atoms with Crippen LogP contribution >= 0.6 is 0 Å². The molecule has 3 aromatic heterocycles. The van der Waals surface area contributed by atoms with E-state index in [1.807, 2.05) is 61.8 Å². The van der Waals surface area contributed by atoms with Crippen LogP contribution in [-0.4, -0.2) is 73.5 Å². The highest BCUT2D eigenvalue weighted by Crippen LogP contribution is 2.30. The van der Waals surface area contributed by atoms with Crippen LogP contribution in [0.15, 0.2) is 73.2 Å². The molecule has 208 valence electrons. The van der Waals surface area contributed by atoms with Gasteiger partial charge in [0.15, 0.2) is 17.3 Å². The van der Waals surface area contributed by atoms with Crippen molar-refractivity contribution in [2.45, 2.75) is 19.9 Å². The van der Waals surface area contributed by atoms with Gasteiger partial charge in [-0.15, -0.1) is 0 Å². The van der Waals surface area contributed by atoms with Crippen molar-refractivity contribution in [3.05, 3.63) is 95.4 Å². The third-order valence-corrected chi connectivity index (χ3v) is 7.51. The van der Waals surface area contributed by atoms with Crippen molar-refractivity contribution in [1.29, 1.82) is 0 Å². The van der Waals surface area contributed by atoms with Crippen LogP contribution in [0.25, 0.3) is 22.4 Å². The van der Waals surface area contributed by atoms with E-state index in [2.05, 4.69) is 49.9 Å². The van der Waals surface area contributed by atoms with Gasteiger partial charge >= 0.3 is 0 Å². The van der Waals surface area contributed by atoms with Gasteiger partial charge in [0.1, 0.15) is 11.1 Å². The summed E-state index contributed by atoms with van der Waals surface area (Å²) in [5, 5.41) is 5.16. The van der Waals surface area contributed by atoms with Gasteiger partial charge in [-0.3, -0.25) is 19.4 Å². The number of likely N-dealkylation sites (N-methyl/N-ethyl adjacent to an activating group) is 1. The van der Waals surface area contributed by atoms with Crippen LogP contribution in [0.3, 0.4) is 0 Å². The molecule has 1 fully saturated rings. The summed E-state index contributed by atoms with van der Waals surface area (Å²) in [4.78, 5) is 31.6. The highest BCUT2D eigenvalue weighted by Gasteiger charge is 2.17. The second-order valence-corrected chi connectivity index (χ2v) is 10.7. The van der Waals surface area contributed by atoms with E-state index >= 15 is 0 Å². The van der Waals surface area contributed by atoms with Gasteiger partial charge in [0, 0.05) is 75.9 Å². The fourth-order valence-electron chi connectivity index (χ4n) is 5.11. The quantitative estimate of drug-likeness (QED) is 0.258. The number of aryl methyl sites for hydroxylation is 2. The maximum absolute atomic E-state index is 13.3. The number of nitrogens with zero attached hydrogens (tertiary/aromatic N) is 7. The number of Topliss-reactive ketones (excluding diaryl/α,β-unsaturated/α-hetero) is 1. The molecule has 2 aromatic carbocycles. The summed E-state index contributed by atoms with van der Waals surface area (Å²) < 4.78 is 7.95. The first-order valence-corrected chi connectivity index (χ1v) is 13.8. The molecule has 1 saturated heterocycles. The Hall–Kier alpha value is -4.47. The zero-order valence-electron chi connectivity index (χ0n) is 23.6. The molecule has 41 heavy (non-hydrogen) atoms. The number of pyridine rings is 1. The van der Waals surface area contributed by atoms with Crippen molar-refractivity contribution >= 4 is 16.8 Å². The highest BCUT2D eigenvalue weighted by atomic mass is 16.5. The van der Waals surface area contributed by atoms with Crippen molar-refractivity contribution in [2.75, 3.05) is 33.2 Å². The third kappa shape index (κ3) is 6.16. The molecule has 6 rings (SSSR count). The minimum atomic E-state index is 0.0759. The molecule has 1 aliphatic heterocycles. The average Bonchev–Trinajstić information content (AvgIpc) is 3.36. The van der Waals surface area contributed by atoms with E-state index < -0.39 is 0 Å². The second kappa shape index (κ2) is 11.6. The Morgan fingerprint density at radius 1 is 0.976 bits per heavy atom. The van der Waals surface area contributed by atoms with Crippen molar-refractivity contribution in [3.8, 4) is 23.0 Å². The van der Waals surface area contributed by atoms with E-state index in [9.17, 15) is 4.79 Å². The summed E-state index contributed by atoms with van der Waals surface area (Å²) in [6.07, 6.45) is 5.53. The molecular weight excluding hydrogens is 514 g/mol. The second-order valence-electron chi connectivity index (χ2n) is 10.7. The SMILES string of the molecule is Cc1cc(C(=O)Cc2cccc(Oc3nc(-c4cccnc4)nc4nn(C)cc34)c2)ccc1CN1CCN(C)CC1. The van der Waals surface area contributed by atoms with E-state index in [1.54, 1.807) is 17.1 Å². The molecule has 4 heterocycles. The Morgan fingerprint density at radius 3 is 2.61 bits per heavy atom. The van der Waals surface area contributed by atoms with E-state index in [1.165, 1.54) is 5.56 Å². The average molecular weight is 548 g/mol. The summed E-state index contributed by atoms with van der Waals surface area (Å²) in [5.74, 6) is 1.55. The van der Waals surface area contributed by atoms with Crippen LogP contribution in [-0.2, 0) is 20.0 Å². The highest BCUT2D eigenvalue weighted by molar-refractivity contribution is 5.97. The number of hydrogen-bond donors (Lipinski definition) is 0. The Morgan fingerprint density at radius 2 is 1.83 bits per heavy atom. The molecule has 0 atom stereocenters. The van der Waals surface area contributed by atoms with E-state index in [0.29, 0.717) is 28.5 Å². The predicted octanol–water partition coefficient (Wildman–Crippen LogP) is 4.70. The van der Waals surface area contributed by atoms with Gasteiger partial charge in [-0.05, 0) is 61.0 Å². The minimum absolute atomic E-state index is 0.0759. The number of fused-ring (bicyclic) bond motifs is 1. The molecule has 0 radical (unpaired) electrons. The summed E-state index contributed by atoms with van der Waals surface area (Å²) in [6, 6.07) is 17.4. The van der Waals surface area contributed by atoms with Gasteiger partial charge in [0.2, 0.25) is 5.88 Å². The Kier molecular flexibility index (Phi) is 7.54. The molecule has 9 nitrogen and oxygen atoms in total. The summed E-state index contributed by atoms with van der Waals surface area (Å²) in [7, 11) is 4.00. The Balaban J connectivity index is 1.18. The first-order chi connectivity index (χ1) is 19.9. The maximum atomic E-state index is 13.3. The first kappa shape index (κ1) is 26.7. The summed E-state index contributed by atoms with van der Waals surface area (Å²) in [5.41, 5.74) is 5.34. The lowest BCUT2D eigenvalue weighted by atomic mass is 9.98.